The number of aryl methyl sites for hydroxylation is 1. The highest BCUT2D eigenvalue weighted by Gasteiger charge is 2.13. The largest absolute Gasteiger partial charge is 0.341 e. The number of aromatic nitrogens is 1. The lowest BCUT2D eigenvalue weighted by atomic mass is 10.1. The Morgan fingerprint density at radius 3 is 2.64 bits per heavy atom. The Morgan fingerprint density at radius 2 is 1.91 bits per heavy atom. The van der Waals surface area contributed by atoms with Crippen molar-refractivity contribution >= 4 is 33.4 Å². The summed E-state index contributed by atoms with van der Waals surface area (Å²) >= 11 is 0. The van der Waals surface area contributed by atoms with Gasteiger partial charge < -0.3 is 15.6 Å². The molecule has 0 fully saturated rings. The predicted molar refractivity (Wildman–Crippen MR) is 92.0 cm³/mol. The number of anilines is 1. The van der Waals surface area contributed by atoms with Crippen molar-refractivity contribution in [2.45, 2.75) is 20.4 Å². The summed E-state index contributed by atoms with van der Waals surface area (Å²) in [5.41, 5.74) is 8.77. The molecule has 0 radical (unpaired) electrons. The van der Waals surface area contributed by atoms with Crippen LogP contribution in [0.1, 0.15) is 13.8 Å². The maximum Gasteiger partial charge on any atom is 0.228 e. The molecular weight excluding hydrogens is 274 g/mol. The molecule has 1 atom stereocenters. The summed E-state index contributed by atoms with van der Waals surface area (Å²) in [4.78, 5) is 12.0. The number of para-hydroxylation sites is 1. The standard InChI is InChI=1S/C18H21N3O/c1-3-21-16-7-5-4-6-14(16)15-10-13(8-9-17(15)21)20-18(22)12(2)11-19/h4-10,12H,3,11,19H2,1-2H3,(H,20,22). The Kier molecular flexibility index (Phi) is 3.86. The Labute approximate surface area is 129 Å². The number of hydrogen-bond donors (Lipinski definition) is 2. The maximum absolute atomic E-state index is 12.0. The number of amides is 1. The first-order valence-corrected chi connectivity index (χ1v) is 7.67. The zero-order chi connectivity index (χ0) is 15.7. The average molecular weight is 295 g/mol. The molecule has 0 saturated carbocycles. The third-order valence-electron chi connectivity index (χ3n) is 4.16. The van der Waals surface area contributed by atoms with E-state index in [1.165, 1.54) is 16.4 Å². The van der Waals surface area contributed by atoms with Crippen molar-refractivity contribution in [3.63, 3.8) is 0 Å². The number of fused-ring (bicyclic) bond motifs is 3. The fourth-order valence-electron chi connectivity index (χ4n) is 2.84. The lowest BCUT2D eigenvalue weighted by Crippen LogP contribution is -2.26. The number of carbonyl (C=O) groups is 1. The van der Waals surface area contributed by atoms with Crippen molar-refractivity contribution in [2.75, 3.05) is 11.9 Å². The van der Waals surface area contributed by atoms with E-state index in [0.717, 1.165) is 17.6 Å². The van der Waals surface area contributed by atoms with E-state index in [-0.39, 0.29) is 11.8 Å². The van der Waals surface area contributed by atoms with Crippen molar-refractivity contribution in [1.29, 1.82) is 0 Å². The number of nitrogens with one attached hydrogen (secondary N) is 1. The first kappa shape index (κ1) is 14.6. The molecule has 4 nitrogen and oxygen atoms in total. The van der Waals surface area contributed by atoms with Gasteiger partial charge in [0.25, 0.3) is 0 Å². The molecule has 114 valence electrons. The van der Waals surface area contributed by atoms with E-state index in [0.29, 0.717) is 6.54 Å². The molecule has 1 heterocycles. The van der Waals surface area contributed by atoms with E-state index in [1.54, 1.807) is 0 Å². The highest BCUT2D eigenvalue weighted by atomic mass is 16.1. The van der Waals surface area contributed by atoms with Crippen LogP contribution in [0.2, 0.25) is 0 Å². The van der Waals surface area contributed by atoms with Crippen LogP contribution in [0.3, 0.4) is 0 Å². The number of rotatable bonds is 4. The smallest absolute Gasteiger partial charge is 0.228 e. The van der Waals surface area contributed by atoms with Gasteiger partial charge in [0.05, 0.1) is 0 Å². The van der Waals surface area contributed by atoms with E-state index >= 15 is 0 Å². The van der Waals surface area contributed by atoms with Crippen molar-refractivity contribution < 1.29 is 4.79 Å². The van der Waals surface area contributed by atoms with Gasteiger partial charge in [-0.15, -0.1) is 0 Å². The van der Waals surface area contributed by atoms with Gasteiger partial charge in [0.2, 0.25) is 5.91 Å². The normalized spacial score (nSPS) is 12.7. The Bertz CT molecular complexity index is 835. The lowest BCUT2D eigenvalue weighted by Gasteiger charge is -2.10. The van der Waals surface area contributed by atoms with Gasteiger partial charge in [0.15, 0.2) is 0 Å². The number of nitrogens with two attached hydrogens (primary N) is 1. The number of benzene rings is 2. The molecule has 4 heteroatoms. The topological polar surface area (TPSA) is 60.0 Å². The minimum Gasteiger partial charge on any atom is -0.341 e. The quantitative estimate of drug-likeness (QED) is 0.775. The van der Waals surface area contributed by atoms with Gasteiger partial charge in [0.1, 0.15) is 0 Å². The molecule has 2 aromatic carbocycles. The van der Waals surface area contributed by atoms with Crippen LogP contribution in [-0.2, 0) is 11.3 Å². The van der Waals surface area contributed by atoms with Crippen LogP contribution in [-0.4, -0.2) is 17.0 Å². The summed E-state index contributed by atoms with van der Waals surface area (Å²) in [6.45, 7) is 5.24. The average Bonchev–Trinajstić information content (AvgIpc) is 2.87. The molecule has 3 aromatic rings. The third-order valence-corrected chi connectivity index (χ3v) is 4.16. The van der Waals surface area contributed by atoms with Crippen LogP contribution in [0, 0.1) is 5.92 Å². The van der Waals surface area contributed by atoms with Crippen molar-refractivity contribution in [1.82, 2.24) is 4.57 Å². The van der Waals surface area contributed by atoms with Crippen LogP contribution in [0.4, 0.5) is 5.69 Å². The minimum absolute atomic E-state index is 0.0407. The molecule has 0 aliphatic heterocycles. The second-order valence-corrected chi connectivity index (χ2v) is 5.62. The summed E-state index contributed by atoms with van der Waals surface area (Å²) < 4.78 is 2.29. The predicted octanol–water partition coefficient (Wildman–Crippen LogP) is 3.35. The highest BCUT2D eigenvalue weighted by molar-refractivity contribution is 6.09. The van der Waals surface area contributed by atoms with Crippen LogP contribution < -0.4 is 11.1 Å². The molecule has 0 aliphatic carbocycles. The van der Waals surface area contributed by atoms with Gasteiger partial charge in [-0.2, -0.15) is 0 Å². The monoisotopic (exact) mass is 295 g/mol. The maximum atomic E-state index is 12.0. The molecular formula is C18H21N3O. The summed E-state index contributed by atoms with van der Waals surface area (Å²) in [5, 5.41) is 5.32. The van der Waals surface area contributed by atoms with E-state index in [2.05, 4.69) is 41.1 Å². The van der Waals surface area contributed by atoms with Gasteiger partial charge in [0, 0.05) is 46.5 Å². The summed E-state index contributed by atoms with van der Waals surface area (Å²) in [6.07, 6.45) is 0. The molecule has 22 heavy (non-hydrogen) atoms. The van der Waals surface area contributed by atoms with Gasteiger partial charge >= 0.3 is 0 Å². The van der Waals surface area contributed by atoms with Crippen molar-refractivity contribution in [2.24, 2.45) is 11.7 Å². The zero-order valence-electron chi connectivity index (χ0n) is 13.0. The highest BCUT2D eigenvalue weighted by Crippen LogP contribution is 2.31. The third kappa shape index (κ3) is 2.35. The van der Waals surface area contributed by atoms with Gasteiger partial charge in [-0.3, -0.25) is 4.79 Å². The number of carbonyl (C=O) groups excluding carboxylic acids is 1. The minimum atomic E-state index is -0.187. The summed E-state index contributed by atoms with van der Waals surface area (Å²) in [7, 11) is 0. The SMILES string of the molecule is CCn1c2ccccc2c2cc(NC(=O)C(C)CN)ccc21. The fraction of sp³-hybridized carbons (Fsp3) is 0.278. The molecule has 3 rings (SSSR count). The van der Waals surface area contributed by atoms with Gasteiger partial charge in [-0.1, -0.05) is 25.1 Å². The Balaban J connectivity index is 2.10. The molecule has 0 bridgehead atoms. The number of hydrogen-bond acceptors (Lipinski definition) is 2. The number of nitrogens with zero attached hydrogens (tertiary/aromatic N) is 1. The van der Waals surface area contributed by atoms with Crippen molar-refractivity contribution in [3.8, 4) is 0 Å². The summed E-state index contributed by atoms with van der Waals surface area (Å²) in [6, 6.07) is 14.4. The first-order chi connectivity index (χ1) is 10.7. The van der Waals surface area contributed by atoms with Crippen LogP contribution >= 0.6 is 0 Å². The van der Waals surface area contributed by atoms with E-state index in [4.69, 9.17) is 5.73 Å². The molecule has 1 unspecified atom stereocenters. The van der Waals surface area contributed by atoms with E-state index in [9.17, 15) is 4.79 Å². The van der Waals surface area contributed by atoms with Crippen LogP contribution in [0.25, 0.3) is 21.8 Å². The Morgan fingerprint density at radius 1 is 1.18 bits per heavy atom. The molecule has 1 amide bonds. The van der Waals surface area contributed by atoms with Gasteiger partial charge in [-0.05, 0) is 31.2 Å². The summed E-state index contributed by atoms with van der Waals surface area (Å²) in [5.74, 6) is -0.228. The van der Waals surface area contributed by atoms with E-state index in [1.807, 2.05) is 25.1 Å². The van der Waals surface area contributed by atoms with Gasteiger partial charge in [-0.25, -0.2) is 0 Å². The molecule has 0 spiro atoms. The second-order valence-electron chi connectivity index (χ2n) is 5.62. The van der Waals surface area contributed by atoms with E-state index < -0.39 is 0 Å². The first-order valence-electron chi connectivity index (χ1n) is 7.67. The van der Waals surface area contributed by atoms with Crippen molar-refractivity contribution in [3.05, 3.63) is 42.5 Å². The van der Waals surface area contributed by atoms with Crippen LogP contribution in [0.5, 0.6) is 0 Å². The fourth-order valence-corrected chi connectivity index (χ4v) is 2.84. The molecule has 0 saturated heterocycles. The molecule has 1 aromatic heterocycles. The van der Waals surface area contributed by atoms with Crippen LogP contribution in [0.15, 0.2) is 42.5 Å². The second kappa shape index (κ2) is 5.81. The molecule has 0 aliphatic rings. The lowest BCUT2D eigenvalue weighted by molar-refractivity contribution is -0.119. The Hall–Kier alpha value is -2.33. The zero-order valence-corrected chi connectivity index (χ0v) is 13.0. The molecule has 3 N–H and O–H groups in total.